The lowest BCUT2D eigenvalue weighted by molar-refractivity contribution is 0.00164. The number of ether oxygens (including phenoxy) is 8. The largest absolute Gasteiger partial charge is 0.460 e. The Morgan fingerprint density at radius 3 is 1.21 bits per heavy atom. The monoisotopic (exact) mass is 486 g/mol. The average molecular weight is 487 g/mol. The zero-order valence-corrected chi connectivity index (χ0v) is 20.3. The molecule has 0 bridgehead atoms. The standard InChI is InChI=1S/C24H38O10/c1-3-27-8-10-29-12-14-31-16-18-33-23(25)21-6-5-7-22(20-21)24(26)34-19-17-32-15-13-30-11-9-28-4-2/h5-7,20H,3-4,8-19H2,1-2H3. The molecular weight excluding hydrogens is 448 g/mol. The Morgan fingerprint density at radius 1 is 0.529 bits per heavy atom. The lowest BCUT2D eigenvalue weighted by Crippen LogP contribution is -2.15. The summed E-state index contributed by atoms with van der Waals surface area (Å²) in [5, 5.41) is 0. The molecule has 0 amide bonds. The molecule has 0 N–H and O–H groups in total. The molecule has 0 spiro atoms. The highest BCUT2D eigenvalue weighted by atomic mass is 16.6. The van der Waals surface area contributed by atoms with Crippen LogP contribution in [-0.2, 0) is 37.9 Å². The van der Waals surface area contributed by atoms with E-state index < -0.39 is 11.9 Å². The van der Waals surface area contributed by atoms with Gasteiger partial charge in [0.25, 0.3) is 0 Å². The molecule has 0 aliphatic heterocycles. The molecule has 0 fully saturated rings. The second kappa shape index (κ2) is 21.5. The summed E-state index contributed by atoms with van der Waals surface area (Å²) in [6, 6.07) is 6.17. The van der Waals surface area contributed by atoms with E-state index in [-0.39, 0.29) is 37.6 Å². The Balaban J connectivity index is 2.13. The first-order valence-electron chi connectivity index (χ1n) is 11.6. The molecule has 0 aliphatic rings. The van der Waals surface area contributed by atoms with Crippen LogP contribution in [-0.4, -0.2) is 104 Å². The van der Waals surface area contributed by atoms with E-state index in [4.69, 9.17) is 37.9 Å². The Morgan fingerprint density at radius 2 is 0.853 bits per heavy atom. The van der Waals surface area contributed by atoms with Crippen LogP contribution in [0, 0.1) is 0 Å². The fourth-order valence-electron chi connectivity index (χ4n) is 2.49. The van der Waals surface area contributed by atoms with Crippen molar-refractivity contribution in [1.29, 1.82) is 0 Å². The third-order valence-corrected chi connectivity index (χ3v) is 4.15. The maximum Gasteiger partial charge on any atom is 0.338 e. The van der Waals surface area contributed by atoms with Gasteiger partial charge >= 0.3 is 11.9 Å². The first kappa shape index (κ1) is 30.0. The van der Waals surface area contributed by atoms with Gasteiger partial charge in [0.2, 0.25) is 0 Å². The molecule has 10 heteroatoms. The molecular formula is C24H38O10. The normalized spacial score (nSPS) is 10.9. The second-order valence-corrected chi connectivity index (χ2v) is 6.70. The fourth-order valence-corrected chi connectivity index (χ4v) is 2.49. The third-order valence-electron chi connectivity index (χ3n) is 4.15. The van der Waals surface area contributed by atoms with E-state index in [1.165, 1.54) is 6.07 Å². The summed E-state index contributed by atoms with van der Waals surface area (Å²) >= 11 is 0. The van der Waals surface area contributed by atoms with Crippen LogP contribution in [0.3, 0.4) is 0 Å². The van der Waals surface area contributed by atoms with Gasteiger partial charge in [0.15, 0.2) is 0 Å². The average Bonchev–Trinajstić information content (AvgIpc) is 2.86. The first-order valence-corrected chi connectivity index (χ1v) is 11.6. The zero-order valence-electron chi connectivity index (χ0n) is 20.3. The van der Waals surface area contributed by atoms with Crippen molar-refractivity contribution >= 4 is 11.9 Å². The predicted octanol–water partition coefficient (Wildman–Crippen LogP) is 2.14. The van der Waals surface area contributed by atoms with Crippen LogP contribution < -0.4 is 0 Å². The highest BCUT2D eigenvalue weighted by molar-refractivity contribution is 5.95. The summed E-state index contributed by atoms with van der Waals surface area (Å²) in [7, 11) is 0. The Bertz CT molecular complexity index is 601. The number of hydrogen-bond acceptors (Lipinski definition) is 10. The second-order valence-electron chi connectivity index (χ2n) is 6.70. The molecule has 0 aromatic heterocycles. The molecule has 1 aromatic rings. The highest BCUT2D eigenvalue weighted by Gasteiger charge is 2.12. The minimum atomic E-state index is -0.543. The number of rotatable bonds is 22. The van der Waals surface area contributed by atoms with E-state index in [0.717, 1.165) is 0 Å². The molecule has 0 saturated heterocycles. The molecule has 1 aromatic carbocycles. The van der Waals surface area contributed by atoms with E-state index in [9.17, 15) is 9.59 Å². The maximum atomic E-state index is 12.2. The van der Waals surface area contributed by atoms with E-state index in [1.807, 2.05) is 13.8 Å². The summed E-state index contributed by atoms with van der Waals surface area (Å²) in [6.07, 6.45) is 0. The molecule has 0 unspecified atom stereocenters. The van der Waals surface area contributed by atoms with Gasteiger partial charge in [-0.05, 0) is 32.0 Å². The summed E-state index contributed by atoms with van der Waals surface area (Å²) in [5.74, 6) is -1.09. The van der Waals surface area contributed by atoms with Gasteiger partial charge in [-0.3, -0.25) is 0 Å². The van der Waals surface area contributed by atoms with Crippen LogP contribution in [0.4, 0.5) is 0 Å². The van der Waals surface area contributed by atoms with Crippen molar-refractivity contribution < 1.29 is 47.5 Å². The van der Waals surface area contributed by atoms with E-state index >= 15 is 0 Å². The fraction of sp³-hybridized carbons (Fsp3) is 0.667. The van der Waals surface area contributed by atoms with Gasteiger partial charge in [-0.15, -0.1) is 0 Å². The summed E-state index contributed by atoms with van der Waals surface area (Å²) in [5.41, 5.74) is 0.517. The summed E-state index contributed by atoms with van der Waals surface area (Å²) in [6.45, 7) is 9.70. The molecule has 0 saturated carbocycles. The smallest absolute Gasteiger partial charge is 0.338 e. The van der Waals surface area contributed by atoms with Gasteiger partial charge in [0, 0.05) is 13.2 Å². The molecule has 194 valence electrons. The first-order chi connectivity index (χ1) is 16.7. The lowest BCUT2D eigenvalue weighted by atomic mass is 10.1. The molecule has 0 heterocycles. The van der Waals surface area contributed by atoms with Gasteiger partial charge in [-0.25, -0.2) is 9.59 Å². The molecule has 10 nitrogen and oxygen atoms in total. The number of carbonyl (C=O) groups is 2. The van der Waals surface area contributed by atoms with Gasteiger partial charge in [0.05, 0.1) is 77.2 Å². The van der Waals surface area contributed by atoms with Crippen LogP contribution in [0.25, 0.3) is 0 Å². The van der Waals surface area contributed by atoms with Crippen LogP contribution in [0.15, 0.2) is 24.3 Å². The van der Waals surface area contributed by atoms with Gasteiger partial charge in [-0.2, -0.15) is 0 Å². The van der Waals surface area contributed by atoms with Gasteiger partial charge in [-0.1, -0.05) is 6.07 Å². The molecule has 0 radical (unpaired) electrons. The topological polar surface area (TPSA) is 108 Å². The number of hydrogen-bond donors (Lipinski definition) is 0. The SMILES string of the molecule is CCOCCOCCOCCOC(=O)c1cccc(C(=O)OCCOCCOCCOCC)c1. The molecule has 0 aliphatic carbocycles. The van der Waals surface area contributed by atoms with Crippen LogP contribution in [0.2, 0.25) is 0 Å². The van der Waals surface area contributed by atoms with E-state index in [2.05, 4.69) is 0 Å². The van der Waals surface area contributed by atoms with E-state index in [0.29, 0.717) is 66.1 Å². The van der Waals surface area contributed by atoms with Crippen molar-refractivity contribution in [2.24, 2.45) is 0 Å². The number of esters is 2. The summed E-state index contributed by atoms with van der Waals surface area (Å²) < 4.78 is 42.0. The van der Waals surface area contributed by atoms with Crippen molar-refractivity contribution in [3.63, 3.8) is 0 Å². The van der Waals surface area contributed by atoms with Crippen LogP contribution >= 0.6 is 0 Å². The quantitative estimate of drug-likeness (QED) is 0.179. The van der Waals surface area contributed by atoms with E-state index in [1.54, 1.807) is 18.2 Å². The summed E-state index contributed by atoms with van der Waals surface area (Å²) in [4.78, 5) is 24.4. The lowest BCUT2D eigenvalue weighted by Gasteiger charge is -2.09. The highest BCUT2D eigenvalue weighted by Crippen LogP contribution is 2.08. The number of benzene rings is 1. The Labute approximate surface area is 201 Å². The zero-order chi connectivity index (χ0) is 24.7. The number of carbonyl (C=O) groups excluding carboxylic acids is 2. The molecule has 0 atom stereocenters. The Kier molecular flexibility index (Phi) is 18.9. The third kappa shape index (κ3) is 15.7. The maximum absolute atomic E-state index is 12.2. The van der Waals surface area contributed by atoms with Crippen molar-refractivity contribution in [2.45, 2.75) is 13.8 Å². The Hall–Kier alpha value is -2.08. The minimum Gasteiger partial charge on any atom is -0.460 e. The van der Waals surface area contributed by atoms with Gasteiger partial charge in [0.1, 0.15) is 13.2 Å². The van der Waals surface area contributed by atoms with Crippen molar-refractivity contribution in [3.8, 4) is 0 Å². The van der Waals surface area contributed by atoms with Gasteiger partial charge < -0.3 is 37.9 Å². The molecule has 1 rings (SSSR count). The minimum absolute atomic E-state index is 0.0964. The van der Waals surface area contributed by atoms with Crippen molar-refractivity contribution in [2.75, 3.05) is 92.5 Å². The molecule has 34 heavy (non-hydrogen) atoms. The predicted molar refractivity (Wildman–Crippen MR) is 123 cm³/mol. The van der Waals surface area contributed by atoms with Crippen LogP contribution in [0.1, 0.15) is 34.6 Å². The van der Waals surface area contributed by atoms with Crippen molar-refractivity contribution in [3.05, 3.63) is 35.4 Å². The van der Waals surface area contributed by atoms with Crippen LogP contribution in [0.5, 0.6) is 0 Å². The van der Waals surface area contributed by atoms with Crippen molar-refractivity contribution in [1.82, 2.24) is 0 Å².